The first-order valence-electron chi connectivity index (χ1n) is 6.99. The molecule has 0 fully saturated rings. The Morgan fingerprint density at radius 1 is 1.23 bits per heavy atom. The highest BCUT2D eigenvalue weighted by atomic mass is 32.1. The third kappa shape index (κ3) is 3.94. The maximum atomic E-state index is 12.2. The first-order valence-corrected chi connectivity index (χ1v) is 7.81. The van der Waals surface area contributed by atoms with E-state index in [9.17, 15) is 4.79 Å². The molecule has 1 aromatic heterocycles. The number of aryl methyl sites for hydroxylation is 1. The van der Waals surface area contributed by atoms with Crippen LogP contribution in [0, 0.1) is 0 Å². The molecule has 0 amide bonds. The van der Waals surface area contributed by atoms with Crippen LogP contribution in [0.5, 0.6) is 11.5 Å². The summed E-state index contributed by atoms with van der Waals surface area (Å²) in [6, 6.07) is 5.11. The van der Waals surface area contributed by atoms with Crippen molar-refractivity contribution in [3.8, 4) is 11.5 Å². The highest BCUT2D eigenvalue weighted by molar-refractivity contribution is 7.15. The minimum Gasteiger partial charge on any atom is -0.493 e. The van der Waals surface area contributed by atoms with Gasteiger partial charge in [-0.2, -0.15) is 0 Å². The van der Waals surface area contributed by atoms with Crippen molar-refractivity contribution in [3.63, 3.8) is 0 Å². The third-order valence-corrected chi connectivity index (χ3v) is 3.98. The highest BCUT2D eigenvalue weighted by Crippen LogP contribution is 2.27. The molecule has 0 unspecified atom stereocenters. The molecule has 6 nitrogen and oxygen atoms in total. The molecular weight excluding hydrogens is 302 g/mol. The fourth-order valence-corrected chi connectivity index (χ4v) is 2.74. The van der Waals surface area contributed by atoms with Gasteiger partial charge in [0.2, 0.25) is 5.13 Å². The van der Waals surface area contributed by atoms with Gasteiger partial charge >= 0.3 is 0 Å². The van der Waals surface area contributed by atoms with E-state index in [1.807, 2.05) is 0 Å². The smallest absolute Gasteiger partial charge is 0.206 e. The number of ether oxygens (including phenoxy) is 2. The van der Waals surface area contributed by atoms with Gasteiger partial charge in [-0.3, -0.25) is 4.79 Å². The number of carbonyl (C=O) groups is 1. The van der Waals surface area contributed by atoms with E-state index in [1.54, 1.807) is 32.4 Å². The number of ketones is 1. The zero-order valence-corrected chi connectivity index (χ0v) is 13.7. The van der Waals surface area contributed by atoms with Crippen LogP contribution >= 0.6 is 11.3 Å². The summed E-state index contributed by atoms with van der Waals surface area (Å²) < 4.78 is 10.4. The number of carbonyl (C=O) groups excluding carboxylic acids is 1. The molecule has 0 bridgehead atoms. The lowest BCUT2D eigenvalue weighted by Gasteiger charge is -2.09. The van der Waals surface area contributed by atoms with Crippen LogP contribution < -0.4 is 14.8 Å². The highest BCUT2D eigenvalue weighted by Gasteiger charge is 2.11. The number of hydrogen-bond donors (Lipinski definition) is 1. The number of aromatic nitrogens is 2. The van der Waals surface area contributed by atoms with Crippen LogP contribution in [0.3, 0.4) is 0 Å². The van der Waals surface area contributed by atoms with Gasteiger partial charge < -0.3 is 14.8 Å². The van der Waals surface area contributed by atoms with Gasteiger partial charge in [0.15, 0.2) is 17.3 Å². The maximum absolute atomic E-state index is 12.2. The molecule has 2 rings (SSSR count). The second-order valence-electron chi connectivity index (χ2n) is 4.60. The third-order valence-electron chi connectivity index (χ3n) is 3.04. The van der Waals surface area contributed by atoms with E-state index < -0.39 is 0 Å². The van der Waals surface area contributed by atoms with Crippen molar-refractivity contribution in [1.29, 1.82) is 0 Å². The van der Waals surface area contributed by atoms with Crippen LogP contribution in [-0.4, -0.2) is 36.7 Å². The molecule has 0 radical (unpaired) electrons. The summed E-state index contributed by atoms with van der Waals surface area (Å²) >= 11 is 1.48. The molecule has 0 spiro atoms. The van der Waals surface area contributed by atoms with Gasteiger partial charge in [-0.25, -0.2) is 0 Å². The summed E-state index contributed by atoms with van der Waals surface area (Å²) in [5, 5.41) is 12.7. The lowest BCUT2D eigenvalue weighted by atomic mass is 10.1. The largest absolute Gasteiger partial charge is 0.493 e. The number of Topliss-reactive ketones (excluding diaryl/α,β-unsaturated/α-hetero) is 1. The van der Waals surface area contributed by atoms with E-state index in [-0.39, 0.29) is 12.3 Å². The SMILES string of the molecule is CCCc1nnc(NCC(=O)c2ccc(OC)c(OC)c2)s1. The molecule has 1 aromatic carbocycles. The quantitative estimate of drug-likeness (QED) is 0.754. The molecule has 22 heavy (non-hydrogen) atoms. The number of benzene rings is 1. The van der Waals surface area contributed by atoms with E-state index in [0.717, 1.165) is 17.8 Å². The molecule has 1 N–H and O–H groups in total. The van der Waals surface area contributed by atoms with Gasteiger partial charge in [-0.15, -0.1) is 10.2 Å². The Balaban J connectivity index is 1.99. The van der Waals surface area contributed by atoms with E-state index >= 15 is 0 Å². The van der Waals surface area contributed by atoms with Crippen molar-refractivity contribution in [2.45, 2.75) is 19.8 Å². The van der Waals surface area contributed by atoms with Crippen molar-refractivity contribution in [1.82, 2.24) is 10.2 Å². The number of anilines is 1. The number of rotatable bonds is 8. The molecule has 0 saturated carbocycles. The van der Waals surface area contributed by atoms with E-state index in [2.05, 4.69) is 22.4 Å². The lowest BCUT2D eigenvalue weighted by molar-refractivity contribution is 0.101. The van der Waals surface area contributed by atoms with E-state index in [4.69, 9.17) is 9.47 Å². The Hall–Kier alpha value is -2.15. The van der Waals surface area contributed by atoms with E-state index in [1.165, 1.54) is 11.3 Å². The molecule has 7 heteroatoms. The molecular formula is C15H19N3O3S. The van der Waals surface area contributed by atoms with Gasteiger partial charge in [-0.1, -0.05) is 18.3 Å². The van der Waals surface area contributed by atoms with Crippen molar-refractivity contribution >= 4 is 22.3 Å². The first kappa shape index (κ1) is 16.2. The van der Waals surface area contributed by atoms with Gasteiger partial charge in [0.1, 0.15) is 5.01 Å². The molecule has 118 valence electrons. The number of nitrogens with one attached hydrogen (secondary N) is 1. The van der Waals surface area contributed by atoms with Gasteiger partial charge in [0, 0.05) is 12.0 Å². The Bertz CT molecular complexity index is 643. The molecule has 0 aliphatic rings. The normalized spacial score (nSPS) is 10.3. The second kappa shape index (κ2) is 7.74. The Morgan fingerprint density at radius 3 is 2.68 bits per heavy atom. The zero-order valence-electron chi connectivity index (χ0n) is 12.9. The van der Waals surface area contributed by atoms with Crippen LogP contribution in [-0.2, 0) is 6.42 Å². The predicted molar refractivity (Wildman–Crippen MR) is 86.3 cm³/mol. The number of methoxy groups -OCH3 is 2. The summed E-state index contributed by atoms with van der Waals surface area (Å²) in [6.45, 7) is 2.26. The predicted octanol–water partition coefficient (Wildman–Crippen LogP) is 2.80. The summed E-state index contributed by atoms with van der Waals surface area (Å²) in [4.78, 5) is 12.2. The maximum Gasteiger partial charge on any atom is 0.206 e. The van der Waals surface area contributed by atoms with Crippen LogP contribution in [0.15, 0.2) is 18.2 Å². The van der Waals surface area contributed by atoms with Gasteiger partial charge in [0.05, 0.1) is 20.8 Å². The van der Waals surface area contributed by atoms with Crippen molar-refractivity contribution in [3.05, 3.63) is 28.8 Å². The molecule has 0 aliphatic heterocycles. The van der Waals surface area contributed by atoms with Gasteiger partial charge in [-0.05, 0) is 24.6 Å². The van der Waals surface area contributed by atoms with Crippen LogP contribution in [0.1, 0.15) is 28.7 Å². The fraction of sp³-hybridized carbons (Fsp3) is 0.400. The summed E-state index contributed by atoms with van der Waals surface area (Å²) in [7, 11) is 3.10. The first-order chi connectivity index (χ1) is 10.7. The topological polar surface area (TPSA) is 73.3 Å². The Morgan fingerprint density at radius 2 is 2.00 bits per heavy atom. The molecule has 2 aromatic rings. The summed E-state index contributed by atoms with van der Waals surface area (Å²) in [6.07, 6.45) is 1.93. The van der Waals surface area contributed by atoms with Crippen LogP contribution in [0.2, 0.25) is 0 Å². The lowest BCUT2D eigenvalue weighted by Crippen LogP contribution is -2.14. The molecule has 0 atom stereocenters. The van der Waals surface area contributed by atoms with Crippen molar-refractivity contribution in [2.75, 3.05) is 26.1 Å². The van der Waals surface area contributed by atoms with Gasteiger partial charge in [0.25, 0.3) is 0 Å². The van der Waals surface area contributed by atoms with Crippen LogP contribution in [0.25, 0.3) is 0 Å². The van der Waals surface area contributed by atoms with Crippen molar-refractivity contribution < 1.29 is 14.3 Å². The molecule has 0 saturated heterocycles. The number of hydrogen-bond acceptors (Lipinski definition) is 7. The van der Waals surface area contributed by atoms with Crippen LogP contribution in [0.4, 0.5) is 5.13 Å². The minimum absolute atomic E-state index is 0.0480. The average molecular weight is 321 g/mol. The molecule has 0 aliphatic carbocycles. The Labute approximate surface area is 133 Å². The fourth-order valence-electron chi connectivity index (χ4n) is 1.91. The zero-order chi connectivity index (χ0) is 15.9. The summed E-state index contributed by atoms with van der Waals surface area (Å²) in [5.41, 5.74) is 0.559. The monoisotopic (exact) mass is 321 g/mol. The average Bonchev–Trinajstić information content (AvgIpc) is 2.99. The van der Waals surface area contributed by atoms with Crippen molar-refractivity contribution in [2.24, 2.45) is 0 Å². The Kier molecular flexibility index (Phi) is 5.71. The standard InChI is InChI=1S/C15H19N3O3S/c1-4-5-14-17-18-15(22-14)16-9-11(19)10-6-7-12(20-2)13(8-10)21-3/h6-8H,4-5,9H2,1-3H3,(H,16,18). The second-order valence-corrected chi connectivity index (χ2v) is 5.66. The number of nitrogens with zero attached hydrogens (tertiary/aromatic N) is 2. The summed E-state index contributed by atoms with van der Waals surface area (Å²) in [5.74, 6) is 1.09. The van der Waals surface area contributed by atoms with E-state index in [0.29, 0.717) is 22.2 Å². The molecule has 1 heterocycles. The minimum atomic E-state index is -0.0480.